The maximum absolute atomic E-state index is 12.8. The fourth-order valence-corrected chi connectivity index (χ4v) is 3.63. The topological polar surface area (TPSA) is 68.5 Å². The molecule has 156 valence electrons. The molecule has 5 nitrogen and oxygen atoms in total. The summed E-state index contributed by atoms with van der Waals surface area (Å²) in [5.41, 5.74) is 0.931. The summed E-state index contributed by atoms with van der Waals surface area (Å²) in [6.45, 7) is -0.406. The molecule has 30 heavy (non-hydrogen) atoms. The van der Waals surface area contributed by atoms with Crippen LogP contribution >= 0.6 is 0 Å². The highest BCUT2D eigenvalue weighted by Crippen LogP contribution is 2.31. The number of hydrogen-bond acceptors (Lipinski definition) is 4. The van der Waals surface area contributed by atoms with E-state index in [1.165, 1.54) is 12.1 Å². The van der Waals surface area contributed by atoms with Crippen LogP contribution < -0.4 is 15.7 Å². The van der Waals surface area contributed by atoms with Gasteiger partial charge in [-0.15, -0.1) is 0 Å². The molecule has 0 radical (unpaired) electrons. The molecule has 1 aliphatic rings. The molecule has 2 aromatic carbocycles. The number of halogens is 3. The van der Waals surface area contributed by atoms with E-state index >= 15 is 0 Å². The van der Waals surface area contributed by atoms with Crippen LogP contribution in [0.2, 0.25) is 0 Å². The molecule has 0 fully saturated rings. The van der Waals surface area contributed by atoms with Gasteiger partial charge in [0.05, 0.1) is 5.56 Å². The quantitative estimate of drug-likeness (QED) is 0.625. The van der Waals surface area contributed by atoms with Gasteiger partial charge in [0, 0.05) is 22.7 Å². The summed E-state index contributed by atoms with van der Waals surface area (Å²) < 4.78 is 49.1. The predicted molar refractivity (Wildman–Crippen MR) is 105 cm³/mol. The largest absolute Gasteiger partial charge is 0.484 e. The summed E-state index contributed by atoms with van der Waals surface area (Å²) in [4.78, 5) is 24.3. The average molecular weight is 417 g/mol. The van der Waals surface area contributed by atoms with Crippen molar-refractivity contribution in [3.8, 4) is 5.75 Å². The molecule has 0 spiro atoms. The number of nitrogens with one attached hydrogen (secondary N) is 1. The molecule has 0 bridgehead atoms. The number of aryl methyl sites for hydroxylation is 1. The first kappa shape index (κ1) is 20.0. The Morgan fingerprint density at radius 2 is 1.83 bits per heavy atom. The third-order valence-corrected chi connectivity index (χ3v) is 5.04. The smallest absolute Gasteiger partial charge is 0.416 e. The Labute approximate surface area is 169 Å². The molecule has 0 saturated heterocycles. The van der Waals surface area contributed by atoms with Crippen molar-refractivity contribution in [2.45, 2.75) is 31.9 Å². The highest BCUT2D eigenvalue weighted by Gasteiger charge is 2.30. The maximum Gasteiger partial charge on any atom is 0.416 e. The Morgan fingerprint density at radius 1 is 1.07 bits per heavy atom. The van der Waals surface area contributed by atoms with E-state index in [1.807, 2.05) is 0 Å². The lowest BCUT2D eigenvalue weighted by molar-refractivity contribution is -0.137. The number of rotatable bonds is 4. The van der Waals surface area contributed by atoms with Gasteiger partial charge < -0.3 is 14.5 Å². The predicted octanol–water partition coefficient (Wildman–Crippen LogP) is 4.71. The number of fused-ring (bicyclic) bond motifs is 3. The number of anilines is 1. The first-order chi connectivity index (χ1) is 14.3. The lowest BCUT2D eigenvalue weighted by Gasteiger charge is -2.16. The van der Waals surface area contributed by atoms with Gasteiger partial charge >= 0.3 is 11.8 Å². The van der Waals surface area contributed by atoms with Crippen molar-refractivity contribution in [2.24, 2.45) is 0 Å². The molecule has 1 N–H and O–H groups in total. The molecule has 1 aromatic heterocycles. The first-order valence-electron chi connectivity index (χ1n) is 9.50. The molecule has 0 unspecified atom stereocenters. The van der Waals surface area contributed by atoms with Crippen LogP contribution in [0, 0.1) is 0 Å². The molecular weight excluding hydrogens is 399 g/mol. The number of carbonyl (C=O) groups is 1. The van der Waals surface area contributed by atoms with Gasteiger partial charge in [-0.05, 0) is 61.6 Å². The normalized spacial score (nSPS) is 13.7. The maximum atomic E-state index is 12.8. The fourth-order valence-electron chi connectivity index (χ4n) is 3.63. The van der Waals surface area contributed by atoms with E-state index in [-0.39, 0.29) is 11.3 Å². The molecule has 4 rings (SSSR count). The van der Waals surface area contributed by atoms with Crippen LogP contribution in [0.3, 0.4) is 0 Å². The minimum Gasteiger partial charge on any atom is -0.484 e. The summed E-state index contributed by atoms with van der Waals surface area (Å²) in [7, 11) is 0. The van der Waals surface area contributed by atoms with Crippen molar-refractivity contribution in [2.75, 3.05) is 11.9 Å². The lowest BCUT2D eigenvalue weighted by Crippen LogP contribution is -2.20. The molecule has 3 aromatic rings. The number of hydrogen-bond donors (Lipinski definition) is 1. The summed E-state index contributed by atoms with van der Waals surface area (Å²) in [6, 6.07) is 9.37. The van der Waals surface area contributed by atoms with Crippen LogP contribution in [-0.2, 0) is 23.8 Å². The SMILES string of the molecule is O=C(COc1ccc2c3c(c(=O)oc2c1)CCCC3)Nc1cccc(C(F)(F)F)c1. The molecule has 0 atom stereocenters. The zero-order valence-corrected chi connectivity index (χ0v) is 15.8. The van der Waals surface area contributed by atoms with E-state index < -0.39 is 24.3 Å². The second-order valence-electron chi connectivity index (χ2n) is 7.13. The zero-order valence-electron chi connectivity index (χ0n) is 15.8. The van der Waals surface area contributed by atoms with E-state index in [2.05, 4.69) is 5.32 Å². The van der Waals surface area contributed by atoms with Gasteiger partial charge in [0.2, 0.25) is 0 Å². The Bertz CT molecular complexity index is 1170. The van der Waals surface area contributed by atoms with E-state index in [1.54, 1.807) is 18.2 Å². The van der Waals surface area contributed by atoms with Crippen molar-refractivity contribution in [1.82, 2.24) is 0 Å². The van der Waals surface area contributed by atoms with Gasteiger partial charge in [-0.1, -0.05) is 6.07 Å². The van der Waals surface area contributed by atoms with Gasteiger partial charge in [0.1, 0.15) is 11.3 Å². The first-order valence-corrected chi connectivity index (χ1v) is 9.50. The Morgan fingerprint density at radius 3 is 2.60 bits per heavy atom. The minimum atomic E-state index is -4.49. The zero-order chi connectivity index (χ0) is 21.3. The summed E-state index contributed by atoms with van der Waals surface area (Å²) in [6.07, 6.45) is -0.991. The van der Waals surface area contributed by atoms with Crippen LogP contribution in [0.4, 0.5) is 18.9 Å². The summed E-state index contributed by atoms with van der Waals surface area (Å²) >= 11 is 0. The average Bonchev–Trinajstić information content (AvgIpc) is 2.72. The molecule has 0 aliphatic heterocycles. The van der Waals surface area contributed by atoms with Gasteiger partial charge in [-0.3, -0.25) is 4.79 Å². The molecule has 1 amide bonds. The van der Waals surface area contributed by atoms with Gasteiger partial charge in [0.15, 0.2) is 6.61 Å². The number of carbonyl (C=O) groups excluding carboxylic acids is 1. The fraction of sp³-hybridized carbons (Fsp3) is 0.273. The van der Waals surface area contributed by atoms with Gasteiger partial charge in [0.25, 0.3) is 5.91 Å². The van der Waals surface area contributed by atoms with Crippen LogP contribution in [0.5, 0.6) is 5.75 Å². The summed E-state index contributed by atoms with van der Waals surface area (Å²) in [5.74, 6) is -0.290. The van der Waals surface area contributed by atoms with Crippen molar-refractivity contribution in [1.29, 1.82) is 0 Å². The number of alkyl halides is 3. The monoisotopic (exact) mass is 417 g/mol. The Balaban J connectivity index is 1.46. The number of amides is 1. The Kier molecular flexibility index (Phi) is 5.24. The molecule has 8 heteroatoms. The molecule has 0 saturated carbocycles. The van der Waals surface area contributed by atoms with Crippen molar-refractivity contribution < 1.29 is 27.1 Å². The van der Waals surface area contributed by atoms with Crippen LogP contribution in [0.25, 0.3) is 11.0 Å². The van der Waals surface area contributed by atoms with E-state index in [0.717, 1.165) is 47.9 Å². The van der Waals surface area contributed by atoms with Gasteiger partial charge in [-0.25, -0.2) is 4.79 Å². The molecular formula is C22H18F3NO4. The van der Waals surface area contributed by atoms with E-state index in [9.17, 15) is 22.8 Å². The second-order valence-corrected chi connectivity index (χ2v) is 7.13. The van der Waals surface area contributed by atoms with Gasteiger partial charge in [-0.2, -0.15) is 13.2 Å². The van der Waals surface area contributed by atoms with Crippen molar-refractivity contribution in [3.63, 3.8) is 0 Å². The van der Waals surface area contributed by atoms with Crippen LogP contribution in [-0.4, -0.2) is 12.5 Å². The Hall–Kier alpha value is -3.29. The van der Waals surface area contributed by atoms with Crippen LogP contribution in [0.1, 0.15) is 29.5 Å². The highest BCUT2D eigenvalue weighted by atomic mass is 19.4. The number of ether oxygens (including phenoxy) is 1. The van der Waals surface area contributed by atoms with Crippen LogP contribution in [0.15, 0.2) is 51.7 Å². The summed E-state index contributed by atoms with van der Waals surface area (Å²) in [5, 5.41) is 3.23. The van der Waals surface area contributed by atoms with Crippen molar-refractivity contribution in [3.05, 3.63) is 69.6 Å². The molecule has 1 heterocycles. The second kappa shape index (κ2) is 7.85. The van der Waals surface area contributed by atoms with E-state index in [0.29, 0.717) is 17.8 Å². The third kappa shape index (κ3) is 4.17. The molecule has 1 aliphatic carbocycles. The third-order valence-electron chi connectivity index (χ3n) is 5.04. The minimum absolute atomic E-state index is 0.0227. The van der Waals surface area contributed by atoms with Crippen molar-refractivity contribution >= 4 is 22.6 Å². The highest BCUT2D eigenvalue weighted by molar-refractivity contribution is 5.92. The number of benzene rings is 2. The van der Waals surface area contributed by atoms with E-state index in [4.69, 9.17) is 9.15 Å². The standard InChI is InChI=1S/C22H18F3NO4/c23-22(24,25)13-4-3-5-14(10-13)26-20(27)12-29-15-8-9-17-16-6-1-2-7-18(16)21(28)30-19(17)11-15/h3-5,8-11H,1-2,6-7,12H2,(H,26,27). The lowest BCUT2D eigenvalue weighted by atomic mass is 9.91.